The van der Waals surface area contributed by atoms with E-state index in [9.17, 15) is 9.59 Å². The Morgan fingerprint density at radius 3 is 2.62 bits per heavy atom. The Kier molecular flexibility index (Phi) is 7.25. The SMILES string of the molecule is CCCN(CC(=O)Nc1ccccc1C)C(=O)CSc1ccnc2ccccc12. The van der Waals surface area contributed by atoms with Gasteiger partial charge in [-0.25, -0.2) is 0 Å². The number of benzene rings is 2. The van der Waals surface area contributed by atoms with Gasteiger partial charge in [0.25, 0.3) is 0 Å². The summed E-state index contributed by atoms with van der Waals surface area (Å²) < 4.78 is 0. The lowest BCUT2D eigenvalue weighted by Gasteiger charge is -2.22. The minimum atomic E-state index is -0.180. The molecule has 1 N–H and O–H groups in total. The molecule has 1 heterocycles. The fourth-order valence-corrected chi connectivity index (χ4v) is 4.01. The predicted octanol–water partition coefficient (Wildman–Crippen LogP) is 4.51. The molecule has 3 aromatic rings. The van der Waals surface area contributed by atoms with E-state index in [0.29, 0.717) is 6.54 Å². The highest BCUT2D eigenvalue weighted by molar-refractivity contribution is 8.00. The molecule has 3 rings (SSSR count). The Morgan fingerprint density at radius 1 is 1.07 bits per heavy atom. The van der Waals surface area contributed by atoms with E-state index < -0.39 is 0 Å². The summed E-state index contributed by atoms with van der Waals surface area (Å²) in [5.74, 6) is 0.0594. The fourth-order valence-electron chi connectivity index (χ4n) is 3.06. The van der Waals surface area contributed by atoms with Gasteiger partial charge in [0.1, 0.15) is 0 Å². The number of carbonyl (C=O) groups excluding carboxylic acids is 2. The molecule has 0 aliphatic heterocycles. The van der Waals surface area contributed by atoms with Gasteiger partial charge in [-0.1, -0.05) is 43.3 Å². The standard InChI is InChI=1S/C23H25N3O2S/c1-3-14-26(15-22(27)25-19-10-6-4-8-17(19)2)23(28)16-29-21-12-13-24-20-11-7-5-9-18(20)21/h4-13H,3,14-16H2,1-2H3,(H,25,27). The average Bonchev–Trinajstić information content (AvgIpc) is 2.73. The van der Waals surface area contributed by atoms with Crippen molar-refractivity contribution in [1.82, 2.24) is 9.88 Å². The van der Waals surface area contributed by atoms with Crippen molar-refractivity contribution in [2.75, 3.05) is 24.2 Å². The van der Waals surface area contributed by atoms with E-state index in [0.717, 1.165) is 33.5 Å². The summed E-state index contributed by atoms with van der Waals surface area (Å²) in [5, 5.41) is 3.94. The van der Waals surface area contributed by atoms with Crippen LogP contribution in [0.1, 0.15) is 18.9 Å². The molecule has 5 nitrogen and oxygen atoms in total. The Balaban J connectivity index is 1.63. The summed E-state index contributed by atoms with van der Waals surface area (Å²) in [6, 6.07) is 17.4. The number of hydrogen-bond donors (Lipinski definition) is 1. The smallest absolute Gasteiger partial charge is 0.244 e. The van der Waals surface area contributed by atoms with E-state index in [4.69, 9.17) is 0 Å². The summed E-state index contributed by atoms with van der Waals surface area (Å²) in [5.41, 5.74) is 2.68. The fraction of sp³-hybridized carbons (Fsp3) is 0.261. The summed E-state index contributed by atoms with van der Waals surface area (Å²) in [6.45, 7) is 4.56. The quantitative estimate of drug-likeness (QED) is 0.558. The first-order chi connectivity index (χ1) is 14.1. The maximum absolute atomic E-state index is 12.8. The van der Waals surface area contributed by atoms with Crippen LogP contribution in [0.4, 0.5) is 5.69 Å². The molecule has 150 valence electrons. The lowest BCUT2D eigenvalue weighted by atomic mass is 10.2. The summed E-state index contributed by atoms with van der Waals surface area (Å²) in [7, 11) is 0. The number of nitrogens with one attached hydrogen (secondary N) is 1. The van der Waals surface area contributed by atoms with Gasteiger partial charge in [-0.15, -0.1) is 11.8 Å². The van der Waals surface area contributed by atoms with Gasteiger partial charge in [-0.05, 0) is 37.1 Å². The molecule has 2 amide bonds. The number of rotatable bonds is 8. The van der Waals surface area contributed by atoms with Gasteiger partial charge in [-0.3, -0.25) is 14.6 Å². The second-order valence-corrected chi connectivity index (χ2v) is 7.81. The van der Waals surface area contributed by atoms with Crippen LogP contribution in [0.5, 0.6) is 0 Å². The molecular formula is C23H25N3O2S. The Labute approximate surface area is 175 Å². The Bertz CT molecular complexity index is 1000. The Morgan fingerprint density at radius 2 is 1.83 bits per heavy atom. The van der Waals surface area contributed by atoms with Crippen LogP contribution in [0, 0.1) is 6.92 Å². The van der Waals surface area contributed by atoms with E-state index in [-0.39, 0.29) is 24.1 Å². The van der Waals surface area contributed by atoms with Crippen molar-refractivity contribution in [3.8, 4) is 0 Å². The van der Waals surface area contributed by atoms with Gasteiger partial charge >= 0.3 is 0 Å². The predicted molar refractivity (Wildman–Crippen MR) is 119 cm³/mol. The summed E-state index contributed by atoms with van der Waals surface area (Å²) in [4.78, 5) is 32.3. The number of amides is 2. The van der Waals surface area contributed by atoms with Crippen LogP contribution in [0.3, 0.4) is 0 Å². The van der Waals surface area contributed by atoms with Crippen molar-refractivity contribution in [1.29, 1.82) is 0 Å². The van der Waals surface area contributed by atoms with Gasteiger partial charge < -0.3 is 10.2 Å². The van der Waals surface area contributed by atoms with Crippen LogP contribution in [0.2, 0.25) is 0 Å². The molecule has 0 aliphatic carbocycles. The van der Waals surface area contributed by atoms with Crippen LogP contribution in [-0.4, -0.2) is 40.5 Å². The number of fused-ring (bicyclic) bond motifs is 1. The highest BCUT2D eigenvalue weighted by atomic mass is 32.2. The van der Waals surface area contributed by atoms with Crippen molar-refractivity contribution < 1.29 is 9.59 Å². The normalized spacial score (nSPS) is 10.7. The molecule has 0 atom stereocenters. The van der Waals surface area contributed by atoms with Crippen molar-refractivity contribution in [3.05, 3.63) is 66.4 Å². The maximum Gasteiger partial charge on any atom is 0.244 e. The number of aryl methyl sites for hydroxylation is 1. The number of hydrogen-bond acceptors (Lipinski definition) is 4. The zero-order valence-electron chi connectivity index (χ0n) is 16.7. The van der Waals surface area contributed by atoms with Crippen LogP contribution in [0.25, 0.3) is 10.9 Å². The van der Waals surface area contributed by atoms with Crippen molar-refractivity contribution in [2.24, 2.45) is 0 Å². The molecule has 0 saturated carbocycles. The number of anilines is 1. The van der Waals surface area contributed by atoms with Crippen molar-refractivity contribution in [3.63, 3.8) is 0 Å². The number of carbonyl (C=O) groups is 2. The molecule has 29 heavy (non-hydrogen) atoms. The van der Waals surface area contributed by atoms with Gasteiger partial charge in [-0.2, -0.15) is 0 Å². The minimum Gasteiger partial charge on any atom is -0.333 e. The lowest BCUT2D eigenvalue weighted by molar-refractivity contribution is -0.132. The van der Waals surface area contributed by atoms with Gasteiger partial charge in [0.15, 0.2) is 0 Å². The van der Waals surface area contributed by atoms with E-state index in [2.05, 4.69) is 10.3 Å². The van der Waals surface area contributed by atoms with Gasteiger partial charge in [0.2, 0.25) is 11.8 Å². The van der Waals surface area contributed by atoms with E-state index >= 15 is 0 Å². The third kappa shape index (κ3) is 5.57. The Hall–Kier alpha value is -2.86. The second kappa shape index (κ2) is 10.1. The summed E-state index contributed by atoms with van der Waals surface area (Å²) in [6.07, 6.45) is 2.56. The van der Waals surface area contributed by atoms with Crippen LogP contribution in [-0.2, 0) is 9.59 Å². The molecule has 0 spiro atoms. The molecule has 0 fully saturated rings. The number of pyridine rings is 1. The molecular weight excluding hydrogens is 382 g/mol. The number of aromatic nitrogens is 1. The van der Waals surface area contributed by atoms with Crippen molar-refractivity contribution >= 4 is 40.2 Å². The van der Waals surface area contributed by atoms with Gasteiger partial charge in [0.05, 0.1) is 17.8 Å². The highest BCUT2D eigenvalue weighted by Crippen LogP contribution is 2.26. The molecule has 0 aliphatic rings. The molecule has 2 aromatic carbocycles. The largest absolute Gasteiger partial charge is 0.333 e. The topological polar surface area (TPSA) is 62.3 Å². The zero-order chi connectivity index (χ0) is 20.6. The maximum atomic E-state index is 12.8. The zero-order valence-corrected chi connectivity index (χ0v) is 17.5. The highest BCUT2D eigenvalue weighted by Gasteiger charge is 2.17. The number of para-hydroxylation sites is 2. The van der Waals surface area contributed by atoms with E-state index in [1.54, 1.807) is 11.1 Å². The first-order valence-corrected chi connectivity index (χ1v) is 10.7. The molecule has 0 bridgehead atoms. The molecule has 0 saturated heterocycles. The monoisotopic (exact) mass is 407 g/mol. The summed E-state index contributed by atoms with van der Waals surface area (Å²) >= 11 is 1.48. The van der Waals surface area contributed by atoms with E-state index in [1.807, 2.05) is 68.4 Å². The third-order valence-corrected chi connectivity index (χ3v) is 5.62. The van der Waals surface area contributed by atoms with Crippen LogP contribution >= 0.6 is 11.8 Å². The third-order valence-electron chi connectivity index (χ3n) is 4.56. The first-order valence-electron chi connectivity index (χ1n) is 9.68. The van der Waals surface area contributed by atoms with Gasteiger partial charge in [0, 0.05) is 28.7 Å². The average molecular weight is 408 g/mol. The van der Waals surface area contributed by atoms with Crippen LogP contribution < -0.4 is 5.32 Å². The number of thioether (sulfide) groups is 1. The minimum absolute atomic E-state index is 0.0438. The molecule has 1 aromatic heterocycles. The molecule has 0 radical (unpaired) electrons. The van der Waals surface area contributed by atoms with Crippen molar-refractivity contribution in [2.45, 2.75) is 25.2 Å². The molecule has 6 heteroatoms. The first kappa shape index (κ1) is 20.9. The van der Waals surface area contributed by atoms with Crippen LogP contribution in [0.15, 0.2) is 65.7 Å². The lowest BCUT2D eigenvalue weighted by Crippen LogP contribution is -2.39. The second-order valence-electron chi connectivity index (χ2n) is 6.79. The van der Waals surface area contributed by atoms with E-state index in [1.165, 1.54) is 11.8 Å². The number of nitrogens with zero attached hydrogens (tertiary/aromatic N) is 2. The molecule has 0 unspecified atom stereocenters.